The fourth-order valence-electron chi connectivity index (χ4n) is 0.495. The molecule has 0 fully saturated rings. The summed E-state index contributed by atoms with van der Waals surface area (Å²) < 4.78 is 34.5. The van der Waals surface area contributed by atoms with E-state index in [-0.39, 0.29) is 0 Å². The highest BCUT2D eigenvalue weighted by atomic mass is 19.4. The van der Waals surface area contributed by atoms with Gasteiger partial charge in [0, 0.05) is 0 Å². The van der Waals surface area contributed by atoms with Gasteiger partial charge in [0.15, 0.2) is 0 Å². The molecule has 0 aliphatic carbocycles. The maximum atomic E-state index is 11.5. The Morgan fingerprint density at radius 1 is 1.09 bits per heavy atom. The Morgan fingerprint density at radius 3 is 2.09 bits per heavy atom. The number of rotatable bonds is 3. The number of halogens is 3. The number of allylic oxidation sites excluding steroid dienone is 4. The fraction of sp³-hybridized carbons (Fsp3) is 0.500. The molecule has 0 saturated heterocycles. The molecule has 0 aromatic heterocycles. The summed E-state index contributed by atoms with van der Waals surface area (Å²) in [5.41, 5.74) is 0. The van der Waals surface area contributed by atoms with E-state index in [0.29, 0.717) is 0 Å². The van der Waals surface area contributed by atoms with Crippen LogP contribution in [0, 0.1) is 0 Å². The predicted octanol–water partition coefficient (Wildman–Crippen LogP) is 3.46. The van der Waals surface area contributed by atoms with Gasteiger partial charge in [-0.3, -0.25) is 0 Å². The van der Waals surface area contributed by atoms with Gasteiger partial charge in [0.25, 0.3) is 0 Å². The second-order valence-electron chi connectivity index (χ2n) is 2.08. The molecule has 0 radical (unpaired) electrons. The minimum absolute atomic E-state index is 0.844. The molecule has 0 nitrogen and oxygen atoms in total. The zero-order valence-electron chi connectivity index (χ0n) is 6.36. The van der Waals surface area contributed by atoms with Crippen molar-refractivity contribution in [2.75, 3.05) is 0 Å². The molecule has 0 aliphatic heterocycles. The first-order valence-corrected chi connectivity index (χ1v) is 3.44. The van der Waals surface area contributed by atoms with E-state index in [9.17, 15) is 13.2 Å². The lowest BCUT2D eigenvalue weighted by Crippen LogP contribution is -2.03. The minimum Gasteiger partial charge on any atom is -0.171 e. The molecule has 0 aliphatic rings. The Bertz CT molecular complexity index is 142. The maximum absolute atomic E-state index is 11.5. The van der Waals surface area contributed by atoms with Gasteiger partial charge >= 0.3 is 6.18 Å². The van der Waals surface area contributed by atoms with Crippen LogP contribution in [-0.4, -0.2) is 6.18 Å². The molecule has 0 amide bonds. The molecule has 64 valence electrons. The van der Waals surface area contributed by atoms with Crippen LogP contribution >= 0.6 is 0 Å². The summed E-state index contributed by atoms with van der Waals surface area (Å²) in [6.07, 6.45) is 1.86. The third-order valence-electron chi connectivity index (χ3n) is 0.968. The van der Waals surface area contributed by atoms with E-state index in [1.807, 2.05) is 6.92 Å². The van der Waals surface area contributed by atoms with Crippen molar-refractivity contribution < 1.29 is 13.2 Å². The smallest absolute Gasteiger partial charge is 0.171 e. The number of hydrogen-bond donors (Lipinski definition) is 0. The lowest BCUT2D eigenvalue weighted by molar-refractivity contribution is -0.125. The van der Waals surface area contributed by atoms with Crippen LogP contribution in [0.2, 0.25) is 0 Å². The van der Waals surface area contributed by atoms with E-state index in [4.69, 9.17) is 0 Å². The quantitative estimate of drug-likeness (QED) is 0.560. The Balaban J connectivity index is 3.53. The molecule has 0 aromatic rings. The van der Waals surface area contributed by atoms with Crippen molar-refractivity contribution in [2.45, 2.75) is 25.9 Å². The molecular weight excluding hydrogens is 153 g/mol. The van der Waals surface area contributed by atoms with Crippen LogP contribution in [0.15, 0.2) is 24.3 Å². The van der Waals surface area contributed by atoms with Gasteiger partial charge in [0.2, 0.25) is 0 Å². The Labute approximate surface area is 64.4 Å². The topological polar surface area (TPSA) is 0 Å². The van der Waals surface area contributed by atoms with Gasteiger partial charge in [-0.25, -0.2) is 0 Å². The van der Waals surface area contributed by atoms with Gasteiger partial charge < -0.3 is 0 Å². The lowest BCUT2D eigenvalue weighted by atomic mass is 10.3. The highest BCUT2D eigenvalue weighted by Gasteiger charge is 2.24. The lowest BCUT2D eigenvalue weighted by Gasteiger charge is -1.98. The van der Waals surface area contributed by atoms with Crippen molar-refractivity contribution in [2.24, 2.45) is 0 Å². The van der Waals surface area contributed by atoms with Gasteiger partial charge in [-0.15, -0.1) is 0 Å². The second-order valence-corrected chi connectivity index (χ2v) is 2.08. The average Bonchev–Trinajstić information content (AvgIpc) is 1.85. The van der Waals surface area contributed by atoms with Crippen LogP contribution in [0.25, 0.3) is 0 Å². The summed E-state index contributed by atoms with van der Waals surface area (Å²) in [4.78, 5) is 0. The summed E-state index contributed by atoms with van der Waals surface area (Å²) in [6.45, 7) is 1.92. The Morgan fingerprint density at radius 2 is 1.64 bits per heavy atom. The summed E-state index contributed by atoms with van der Waals surface area (Å²) in [6, 6.07) is 0. The standard InChI is InChI=1S/C8H11F3/c1-2-3-4-5-6-7-8(9,10)11/h3-6H,2,7H2,1H3/b4-3-,6-5-. The van der Waals surface area contributed by atoms with E-state index in [1.165, 1.54) is 6.08 Å². The molecule has 0 N–H and O–H groups in total. The molecule has 11 heavy (non-hydrogen) atoms. The van der Waals surface area contributed by atoms with Crippen LogP contribution < -0.4 is 0 Å². The van der Waals surface area contributed by atoms with Crippen LogP contribution in [0.4, 0.5) is 13.2 Å². The molecule has 0 unspecified atom stereocenters. The highest BCUT2D eigenvalue weighted by molar-refractivity contribution is 5.02. The summed E-state index contributed by atoms with van der Waals surface area (Å²) in [7, 11) is 0. The Hall–Kier alpha value is -0.730. The number of hydrogen-bond acceptors (Lipinski definition) is 0. The average molecular weight is 164 g/mol. The molecule has 0 atom stereocenters. The molecular formula is C8H11F3. The van der Waals surface area contributed by atoms with Crippen molar-refractivity contribution >= 4 is 0 Å². The van der Waals surface area contributed by atoms with Crippen molar-refractivity contribution in [3.63, 3.8) is 0 Å². The Kier molecular flexibility index (Phi) is 4.66. The van der Waals surface area contributed by atoms with Crippen LogP contribution in [0.3, 0.4) is 0 Å². The molecule has 0 rings (SSSR count). The van der Waals surface area contributed by atoms with Gasteiger partial charge in [-0.05, 0) is 6.42 Å². The van der Waals surface area contributed by atoms with Gasteiger partial charge in [0.05, 0.1) is 6.42 Å². The first kappa shape index (κ1) is 10.3. The number of alkyl halides is 3. The predicted molar refractivity (Wildman–Crippen MR) is 39.2 cm³/mol. The SMILES string of the molecule is CC/C=C\C=C/CC(F)(F)F. The van der Waals surface area contributed by atoms with E-state index >= 15 is 0 Å². The molecule has 0 aromatic carbocycles. The molecule has 0 saturated carbocycles. The molecule has 3 heteroatoms. The van der Waals surface area contributed by atoms with Crippen molar-refractivity contribution in [3.8, 4) is 0 Å². The third kappa shape index (κ3) is 9.27. The largest absolute Gasteiger partial charge is 0.392 e. The summed E-state index contributed by atoms with van der Waals surface area (Å²) >= 11 is 0. The zero-order valence-corrected chi connectivity index (χ0v) is 6.36. The molecule has 0 spiro atoms. The van der Waals surface area contributed by atoms with Crippen LogP contribution in [-0.2, 0) is 0 Å². The first-order chi connectivity index (χ1) is 5.06. The minimum atomic E-state index is -4.07. The third-order valence-corrected chi connectivity index (χ3v) is 0.968. The van der Waals surface area contributed by atoms with Gasteiger partial charge in [-0.2, -0.15) is 13.2 Å². The van der Waals surface area contributed by atoms with Crippen molar-refractivity contribution in [3.05, 3.63) is 24.3 Å². The maximum Gasteiger partial charge on any atom is 0.392 e. The highest BCUT2D eigenvalue weighted by Crippen LogP contribution is 2.19. The second kappa shape index (κ2) is 4.99. The van der Waals surface area contributed by atoms with Crippen LogP contribution in [0.1, 0.15) is 19.8 Å². The van der Waals surface area contributed by atoms with Crippen molar-refractivity contribution in [1.29, 1.82) is 0 Å². The monoisotopic (exact) mass is 164 g/mol. The molecule has 0 heterocycles. The van der Waals surface area contributed by atoms with E-state index in [1.54, 1.807) is 12.2 Å². The van der Waals surface area contributed by atoms with E-state index < -0.39 is 12.6 Å². The van der Waals surface area contributed by atoms with Crippen LogP contribution in [0.5, 0.6) is 0 Å². The van der Waals surface area contributed by atoms with E-state index in [2.05, 4.69) is 0 Å². The zero-order chi connectivity index (χ0) is 8.74. The summed E-state index contributed by atoms with van der Waals surface area (Å²) in [5, 5.41) is 0. The van der Waals surface area contributed by atoms with Crippen molar-refractivity contribution in [1.82, 2.24) is 0 Å². The fourth-order valence-corrected chi connectivity index (χ4v) is 0.495. The van der Waals surface area contributed by atoms with Gasteiger partial charge in [-0.1, -0.05) is 31.2 Å². The summed E-state index contributed by atoms with van der Waals surface area (Å²) in [5.74, 6) is 0. The van der Waals surface area contributed by atoms with E-state index in [0.717, 1.165) is 12.5 Å². The van der Waals surface area contributed by atoms with Gasteiger partial charge in [0.1, 0.15) is 0 Å². The first-order valence-electron chi connectivity index (χ1n) is 3.44. The normalized spacial score (nSPS) is 13.5. The molecule has 0 bridgehead atoms.